The molecule has 0 radical (unpaired) electrons. The summed E-state index contributed by atoms with van der Waals surface area (Å²) in [7, 11) is 0. The lowest BCUT2D eigenvalue weighted by Crippen LogP contribution is -2.20. The van der Waals surface area contributed by atoms with Crippen molar-refractivity contribution in [3.05, 3.63) is 54.1 Å². The van der Waals surface area contributed by atoms with E-state index in [4.69, 9.17) is 14.6 Å². The van der Waals surface area contributed by atoms with Gasteiger partial charge in [-0.3, -0.25) is 4.79 Å². The highest BCUT2D eigenvalue weighted by molar-refractivity contribution is 5.92. The van der Waals surface area contributed by atoms with Crippen molar-refractivity contribution < 1.29 is 32.5 Å². The minimum atomic E-state index is -4.49. The van der Waals surface area contributed by atoms with Gasteiger partial charge in [0.2, 0.25) is 0 Å². The first-order valence-corrected chi connectivity index (χ1v) is 7.33. The molecule has 134 valence electrons. The number of halogens is 3. The van der Waals surface area contributed by atoms with Crippen LogP contribution in [0.5, 0.6) is 11.5 Å². The molecule has 0 heterocycles. The molecule has 0 fully saturated rings. The van der Waals surface area contributed by atoms with Gasteiger partial charge in [-0.1, -0.05) is 18.2 Å². The number of ether oxygens (including phenoxy) is 2. The number of alkyl halides is 3. The van der Waals surface area contributed by atoms with Crippen LogP contribution in [-0.2, 0) is 11.0 Å². The predicted molar refractivity (Wildman–Crippen MR) is 84.6 cm³/mol. The number of aliphatic hydroxyl groups is 1. The molecule has 8 heteroatoms. The SMILES string of the molecule is O=C(COc1ccccc1OCCO)Nc1cccc(C(F)(F)F)c1. The van der Waals surface area contributed by atoms with Crippen molar-refractivity contribution in [2.75, 3.05) is 25.1 Å². The van der Waals surface area contributed by atoms with Crippen molar-refractivity contribution in [2.24, 2.45) is 0 Å². The maximum atomic E-state index is 12.7. The van der Waals surface area contributed by atoms with Gasteiger partial charge in [-0.15, -0.1) is 0 Å². The van der Waals surface area contributed by atoms with Crippen LogP contribution in [0, 0.1) is 0 Å². The van der Waals surface area contributed by atoms with Crippen molar-refractivity contribution >= 4 is 11.6 Å². The lowest BCUT2D eigenvalue weighted by atomic mass is 10.2. The van der Waals surface area contributed by atoms with E-state index in [-0.39, 0.29) is 24.7 Å². The van der Waals surface area contributed by atoms with Crippen molar-refractivity contribution in [3.63, 3.8) is 0 Å². The first kappa shape index (κ1) is 18.6. The number of para-hydroxylation sites is 2. The summed E-state index contributed by atoms with van der Waals surface area (Å²) in [6, 6.07) is 10.9. The van der Waals surface area contributed by atoms with Gasteiger partial charge in [0.1, 0.15) is 6.61 Å². The van der Waals surface area contributed by atoms with E-state index in [0.29, 0.717) is 5.75 Å². The minimum Gasteiger partial charge on any atom is -0.487 e. The van der Waals surface area contributed by atoms with E-state index in [9.17, 15) is 18.0 Å². The maximum absolute atomic E-state index is 12.7. The molecule has 1 amide bonds. The Labute approximate surface area is 142 Å². The predicted octanol–water partition coefficient (Wildman–Crippen LogP) is 3.09. The molecule has 0 aliphatic rings. The Morgan fingerprint density at radius 2 is 1.72 bits per heavy atom. The molecule has 2 N–H and O–H groups in total. The Morgan fingerprint density at radius 1 is 1.04 bits per heavy atom. The Hall–Kier alpha value is -2.74. The molecule has 0 saturated carbocycles. The lowest BCUT2D eigenvalue weighted by Gasteiger charge is -2.13. The van der Waals surface area contributed by atoms with Gasteiger partial charge in [-0.2, -0.15) is 13.2 Å². The monoisotopic (exact) mass is 355 g/mol. The normalized spacial score (nSPS) is 11.0. The number of hydrogen-bond acceptors (Lipinski definition) is 4. The molecule has 2 rings (SSSR count). The molecule has 5 nitrogen and oxygen atoms in total. The molecule has 0 atom stereocenters. The van der Waals surface area contributed by atoms with E-state index >= 15 is 0 Å². The topological polar surface area (TPSA) is 67.8 Å². The zero-order chi connectivity index (χ0) is 18.3. The average molecular weight is 355 g/mol. The van der Waals surface area contributed by atoms with Gasteiger partial charge in [0.25, 0.3) is 5.91 Å². The van der Waals surface area contributed by atoms with Crippen LogP contribution in [0.25, 0.3) is 0 Å². The Bertz CT molecular complexity index is 719. The zero-order valence-electron chi connectivity index (χ0n) is 13.0. The van der Waals surface area contributed by atoms with Crippen LogP contribution in [0.4, 0.5) is 18.9 Å². The van der Waals surface area contributed by atoms with Crippen molar-refractivity contribution in [1.82, 2.24) is 0 Å². The number of nitrogens with one attached hydrogen (secondary N) is 1. The third-order valence-electron chi connectivity index (χ3n) is 3.03. The van der Waals surface area contributed by atoms with E-state index in [1.165, 1.54) is 12.1 Å². The van der Waals surface area contributed by atoms with E-state index in [1.807, 2.05) is 0 Å². The molecule has 2 aromatic rings. The number of carbonyl (C=O) groups is 1. The first-order chi connectivity index (χ1) is 11.9. The molecule has 0 bridgehead atoms. The second-order valence-corrected chi connectivity index (χ2v) is 4.93. The fraction of sp³-hybridized carbons (Fsp3) is 0.235. The van der Waals surface area contributed by atoms with Gasteiger partial charge in [-0.25, -0.2) is 0 Å². The quantitative estimate of drug-likeness (QED) is 0.801. The number of carbonyl (C=O) groups excluding carboxylic acids is 1. The molecule has 0 aliphatic heterocycles. The number of aliphatic hydroxyl groups excluding tert-OH is 1. The molecular formula is C17H16F3NO4. The van der Waals surface area contributed by atoms with Gasteiger partial charge in [0.05, 0.1) is 12.2 Å². The van der Waals surface area contributed by atoms with Crippen molar-refractivity contribution in [2.45, 2.75) is 6.18 Å². The Morgan fingerprint density at radius 3 is 2.36 bits per heavy atom. The fourth-order valence-corrected chi connectivity index (χ4v) is 1.96. The molecule has 2 aromatic carbocycles. The van der Waals surface area contributed by atoms with Crippen LogP contribution in [0.3, 0.4) is 0 Å². The maximum Gasteiger partial charge on any atom is 0.416 e. The molecule has 25 heavy (non-hydrogen) atoms. The molecule has 0 aromatic heterocycles. The van der Waals surface area contributed by atoms with E-state index < -0.39 is 24.3 Å². The molecule has 0 saturated heterocycles. The number of hydrogen-bond donors (Lipinski definition) is 2. The van der Waals surface area contributed by atoms with E-state index in [1.54, 1.807) is 24.3 Å². The largest absolute Gasteiger partial charge is 0.487 e. The van der Waals surface area contributed by atoms with Crippen molar-refractivity contribution in [3.8, 4) is 11.5 Å². The second kappa shape index (κ2) is 8.39. The van der Waals surface area contributed by atoms with E-state index in [0.717, 1.165) is 12.1 Å². The lowest BCUT2D eigenvalue weighted by molar-refractivity contribution is -0.137. The summed E-state index contributed by atoms with van der Waals surface area (Å²) in [5.74, 6) is 0.0230. The summed E-state index contributed by atoms with van der Waals surface area (Å²) in [4.78, 5) is 11.9. The number of rotatable bonds is 7. The van der Waals surface area contributed by atoms with Crippen LogP contribution >= 0.6 is 0 Å². The second-order valence-electron chi connectivity index (χ2n) is 4.93. The van der Waals surface area contributed by atoms with Crippen LogP contribution in [0.2, 0.25) is 0 Å². The third kappa shape index (κ3) is 5.68. The standard InChI is InChI=1S/C17H16F3NO4/c18-17(19,20)12-4-3-5-13(10-12)21-16(23)11-25-15-7-2-1-6-14(15)24-9-8-22/h1-7,10,22H,8-9,11H2,(H,21,23). The first-order valence-electron chi connectivity index (χ1n) is 7.33. The Kier molecular flexibility index (Phi) is 6.24. The summed E-state index contributed by atoms with van der Waals surface area (Å²) < 4.78 is 48.5. The number of anilines is 1. The summed E-state index contributed by atoms with van der Waals surface area (Å²) >= 11 is 0. The Balaban J connectivity index is 1.96. The molecule has 0 aliphatic carbocycles. The third-order valence-corrected chi connectivity index (χ3v) is 3.03. The average Bonchev–Trinajstić information content (AvgIpc) is 2.58. The molecular weight excluding hydrogens is 339 g/mol. The summed E-state index contributed by atoms with van der Waals surface area (Å²) in [5, 5.41) is 11.1. The highest BCUT2D eigenvalue weighted by atomic mass is 19.4. The fourth-order valence-electron chi connectivity index (χ4n) is 1.96. The van der Waals surface area contributed by atoms with Gasteiger partial charge < -0.3 is 19.9 Å². The summed E-state index contributed by atoms with van der Waals surface area (Å²) in [6.07, 6.45) is -4.49. The number of amides is 1. The molecule has 0 unspecified atom stereocenters. The summed E-state index contributed by atoms with van der Waals surface area (Å²) in [5.41, 5.74) is -0.831. The number of benzene rings is 2. The van der Waals surface area contributed by atoms with Gasteiger partial charge in [-0.05, 0) is 30.3 Å². The van der Waals surface area contributed by atoms with Crippen LogP contribution in [0.1, 0.15) is 5.56 Å². The smallest absolute Gasteiger partial charge is 0.416 e. The van der Waals surface area contributed by atoms with Crippen molar-refractivity contribution in [1.29, 1.82) is 0 Å². The summed E-state index contributed by atoms with van der Waals surface area (Å²) in [6.45, 7) is -0.517. The van der Waals surface area contributed by atoms with Crippen LogP contribution in [-0.4, -0.2) is 30.8 Å². The highest BCUT2D eigenvalue weighted by Crippen LogP contribution is 2.30. The van der Waals surface area contributed by atoms with Gasteiger partial charge in [0.15, 0.2) is 18.1 Å². The van der Waals surface area contributed by atoms with Crippen LogP contribution in [0.15, 0.2) is 48.5 Å². The van der Waals surface area contributed by atoms with Gasteiger partial charge >= 0.3 is 6.18 Å². The van der Waals surface area contributed by atoms with E-state index in [2.05, 4.69) is 5.32 Å². The molecule has 0 spiro atoms. The van der Waals surface area contributed by atoms with Crippen LogP contribution < -0.4 is 14.8 Å². The minimum absolute atomic E-state index is 0.0215. The zero-order valence-corrected chi connectivity index (χ0v) is 13.0. The highest BCUT2D eigenvalue weighted by Gasteiger charge is 2.30. The van der Waals surface area contributed by atoms with Gasteiger partial charge in [0, 0.05) is 5.69 Å².